The topological polar surface area (TPSA) is 57.6 Å². The van der Waals surface area contributed by atoms with Gasteiger partial charge in [0.05, 0.1) is 5.37 Å². The van der Waals surface area contributed by atoms with Crippen LogP contribution in [0.2, 0.25) is 0 Å². The molecule has 0 spiro atoms. The van der Waals surface area contributed by atoms with E-state index in [2.05, 4.69) is 0 Å². The van der Waals surface area contributed by atoms with Crippen LogP contribution in [-0.2, 0) is 9.59 Å². The normalized spacial score (nSPS) is 23.7. The van der Waals surface area contributed by atoms with Gasteiger partial charge in [-0.15, -0.1) is 11.8 Å². The number of carboxylic acids is 1. The van der Waals surface area contributed by atoms with Crippen molar-refractivity contribution in [1.82, 2.24) is 4.90 Å². The average molecular weight is 339 g/mol. The number of alkyl halides is 6. The van der Waals surface area contributed by atoms with Gasteiger partial charge in [-0.1, -0.05) is 6.92 Å². The van der Waals surface area contributed by atoms with Crippen molar-refractivity contribution in [2.24, 2.45) is 5.92 Å². The Morgan fingerprint density at radius 3 is 2.05 bits per heavy atom. The highest BCUT2D eigenvalue weighted by Crippen LogP contribution is 2.43. The minimum atomic E-state index is -5.83. The minimum Gasteiger partial charge on any atom is -0.480 e. The molecule has 0 aromatic rings. The molecule has 1 saturated heterocycles. The van der Waals surface area contributed by atoms with Crippen LogP contribution >= 0.6 is 11.8 Å². The summed E-state index contributed by atoms with van der Waals surface area (Å²) in [5.41, 5.74) is 0. The van der Waals surface area contributed by atoms with Crippen LogP contribution in [0, 0.1) is 5.92 Å². The zero-order valence-electron chi connectivity index (χ0n) is 10.5. The minimum absolute atomic E-state index is 0.0443. The molecule has 1 heterocycles. The molecule has 2 atom stereocenters. The number of aliphatic carboxylic acids is 1. The summed E-state index contributed by atoms with van der Waals surface area (Å²) < 4.78 is 75.3. The third kappa shape index (κ3) is 3.74. The molecule has 1 fully saturated rings. The van der Waals surface area contributed by atoms with Crippen molar-refractivity contribution < 1.29 is 41.0 Å². The van der Waals surface area contributed by atoms with Crippen LogP contribution in [0.4, 0.5) is 26.3 Å². The second-order valence-corrected chi connectivity index (χ2v) is 5.52. The van der Waals surface area contributed by atoms with Gasteiger partial charge in [0.2, 0.25) is 11.8 Å². The van der Waals surface area contributed by atoms with E-state index in [1.54, 1.807) is 0 Å². The third-order valence-corrected chi connectivity index (χ3v) is 4.34. The molecule has 0 bridgehead atoms. The van der Waals surface area contributed by atoms with Crippen LogP contribution < -0.4 is 0 Å². The van der Waals surface area contributed by atoms with Gasteiger partial charge < -0.3 is 10.0 Å². The van der Waals surface area contributed by atoms with Crippen molar-refractivity contribution in [3.05, 3.63) is 0 Å². The number of nitrogens with zero attached hydrogens (tertiary/aromatic N) is 1. The predicted molar refractivity (Wildman–Crippen MR) is 60.4 cm³/mol. The maximum atomic E-state index is 12.6. The Balaban J connectivity index is 3.20. The van der Waals surface area contributed by atoms with Crippen LogP contribution in [0.25, 0.3) is 0 Å². The Labute approximate surface area is 119 Å². The molecule has 2 unspecified atom stereocenters. The number of halogens is 6. The number of rotatable bonds is 3. The van der Waals surface area contributed by atoms with E-state index in [0.717, 1.165) is 11.8 Å². The highest BCUT2D eigenvalue weighted by atomic mass is 32.2. The van der Waals surface area contributed by atoms with Gasteiger partial charge in [0, 0.05) is 5.75 Å². The molecule has 0 radical (unpaired) electrons. The highest BCUT2D eigenvalue weighted by molar-refractivity contribution is 8.00. The van der Waals surface area contributed by atoms with Gasteiger partial charge in [0.25, 0.3) is 0 Å². The van der Waals surface area contributed by atoms with E-state index in [4.69, 9.17) is 5.11 Å². The zero-order chi connectivity index (χ0) is 16.6. The Bertz CT molecular complexity index is 410. The van der Waals surface area contributed by atoms with Gasteiger partial charge in [-0.3, -0.25) is 4.79 Å². The summed E-state index contributed by atoms with van der Waals surface area (Å²) in [6.07, 6.45) is -11.6. The monoisotopic (exact) mass is 339 g/mol. The molecule has 1 aliphatic rings. The van der Waals surface area contributed by atoms with Crippen molar-refractivity contribution >= 4 is 23.6 Å². The van der Waals surface area contributed by atoms with Gasteiger partial charge >= 0.3 is 18.3 Å². The molecular formula is C10H11F6NO3S. The third-order valence-electron chi connectivity index (χ3n) is 2.88. The molecule has 4 nitrogen and oxygen atoms in total. The Morgan fingerprint density at radius 1 is 1.24 bits per heavy atom. The Morgan fingerprint density at radius 2 is 1.71 bits per heavy atom. The SMILES string of the molecule is CCC1SCC(C(=O)O)N1C(=O)C(C(F)(F)F)C(F)(F)F. The van der Waals surface area contributed by atoms with Gasteiger partial charge in [-0.2, -0.15) is 26.3 Å². The van der Waals surface area contributed by atoms with Gasteiger partial charge in [0.1, 0.15) is 6.04 Å². The van der Waals surface area contributed by atoms with E-state index >= 15 is 0 Å². The summed E-state index contributed by atoms with van der Waals surface area (Å²) in [4.78, 5) is 22.9. The molecule has 0 aromatic heterocycles. The molecular weight excluding hydrogens is 328 g/mol. The largest absolute Gasteiger partial charge is 0.480 e. The first-order valence-corrected chi connectivity index (χ1v) is 6.76. The van der Waals surface area contributed by atoms with E-state index in [-0.39, 0.29) is 17.1 Å². The molecule has 0 saturated carbocycles. The lowest BCUT2D eigenvalue weighted by Crippen LogP contribution is -2.54. The fourth-order valence-electron chi connectivity index (χ4n) is 1.98. The average Bonchev–Trinajstić information content (AvgIpc) is 2.67. The first kappa shape index (κ1) is 17.9. The van der Waals surface area contributed by atoms with Crippen molar-refractivity contribution in [3.63, 3.8) is 0 Å². The fraction of sp³-hybridized carbons (Fsp3) is 0.800. The summed E-state index contributed by atoms with van der Waals surface area (Å²) in [7, 11) is 0. The molecule has 11 heteroatoms. The molecule has 0 aromatic carbocycles. The second kappa shape index (κ2) is 5.93. The zero-order valence-corrected chi connectivity index (χ0v) is 11.3. The van der Waals surface area contributed by atoms with Crippen LogP contribution in [0.1, 0.15) is 13.3 Å². The number of carbonyl (C=O) groups is 2. The highest BCUT2D eigenvalue weighted by Gasteiger charge is 2.63. The predicted octanol–water partition coefficient (Wildman–Crippen LogP) is 2.49. The van der Waals surface area contributed by atoms with Crippen molar-refractivity contribution in [1.29, 1.82) is 0 Å². The van der Waals surface area contributed by atoms with Crippen LogP contribution in [0.3, 0.4) is 0 Å². The van der Waals surface area contributed by atoms with E-state index in [1.807, 2.05) is 0 Å². The molecule has 21 heavy (non-hydrogen) atoms. The number of hydrogen-bond donors (Lipinski definition) is 1. The number of carboxylic acid groups (broad SMARTS) is 1. The van der Waals surface area contributed by atoms with Crippen molar-refractivity contribution in [2.45, 2.75) is 37.1 Å². The summed E-state index contributed by atoms with van der Waals surface area (Å²) in [6.45, 7) is 1.44. The van der Waals surface area contributed by atoms with E-state index < -0.39 is 41.6 Å². The van der Waals surface area contributed by atoms with Gasteiger partial charge in [-0.05, 0) is 6.42 Å². The number of hydrogen-bond acceptors (Lipinski definition) is 3. The molecule has 0 aliphatic carbocycles. The summed E-state index contributed by atoms with van der Waals surface area (Å²) in [6, 6.07) is -1.69. The first-order valence-electron chi connectivity index (χ1n) is 5.71. The van der Waals surface area contributed by atoms with Crippen LogP contribution in [0.15, 0.2) is 0 Å². The summed E-state index contributed by atoms with van der Waals surface area (Å²) in [5.74, 6) is -8.35. The standard InChI is InChI=1S/C10H11F6NO3S/c1-2-5-17(4(3-21-5)8(19)20)7(18)6(9(11,12)13)10(14,15)16/h4-6H,2-3H2,1H3,(H,19,20). The Hall–Kier alpha value is -1.13. The summed E-state index contributed by atoms with van der Waals surface area (Å²) >= 11 is 0.843. The lowest BCUT2D eigenvalue weighted by Gasteiger charge is -2.32. The maximum absolute atomic E-state index is 12.6. The number of thioether (sulfide) groups is 1. The van der Waals surface area contributed by atoms with E-state index in [1.165, 1.54) is 6.92 Å². The molecule has 122 valence electrons. The smallest absolute Gasteiger partial charge is 0.409 e. The van der Waals surface area contributed by atoms with Gasteiger partial charge in [-0.25, -0.2) is 4.79 Å². The van der Waals surface area contributed by atoms with Crippen LogP contribution in [-0.4, -0.2) is 51.4 Å². The quantitative estimate of drug-likeness (QED) is 0.803. The van der Waals surface area contributed by atoms with Crippen LogP contribution in [0.5, 0.6) is 0 Å². The fourth-order valence-corrected chi connectivity index (χ4v) is 3.33. The van der Waals surface area contributed by atoms with Gasteiger partial charge in [0.15, 0.2) is 0 Å². The van der Waals surface area contributed by atoms with E-state index in [0.29, 0.717) is 0 Å². The first-order chi connectivity index (χ1) is 9.41. The number of carbonyl (C=O) groups excluding carboxylic acids is 1. The number of amides is 1. The molecule has 1 N–H and O–H groups in total. The van der Waals surface area contributed by atoms with E-state index in [9.17, 15) is 35.9 Å². The second-order valence-electron chi connectivity index (χ2n) is 4.31. The molecule has 1 rings (SSSR count). The van der Waals surface area contributed by atoms with Crippen molar-refractivity contribution in [2.75, 3.05) is 5.75 Å². The molecule has 1 aliphatic heterocycles. The summed E-state index contributed by atoms with van der Waals surface area (Å²) in [5, 5.41) is 7.84. The lowest BCUT2D eigenvalue weighted by atomic mass is 10.1. The maximum Gasteiger partial charge on any atom is 0.409 e. The Kier molecular flexibility index (Phi) is 5.06. The lowest BCUT2D eigenvalue weighted by molar-refractivity contribution is -0.278. The molecule has 1 amide bonds. The van der Waals surface area contributed by atoms with Crippen molar-refractivity contribution in [3.8, 4) is 0 Å².